The molecule has 1 atom stereocenters. The van der Waals surface area contributed by atoms with Crippen molar-refractivity contribution in [3.8, 4) is 11.8 Å². The van der Waals surface area contributed by atoms with Crippen LogP contribution in [0.2, 0.25) is 0 Å². The first kappa shape index (κ1) is 22.1. The zero-order chi connectivity index (χ0) is 22.1. The highest BCUT2D eigenvalue weighted by molar-refractivity contribution is 6.19. The number of hydrogen-bond acceptors (Lipinski definition) is 4. The lowest BCUT2D eigenvalue weighted by atomic mass is 9.97. The fourth-order valence-corrected chi connectivity index (χ4v) is 3.76. The second kappa shape index (κ2) is 8.65. The second-order valence-electron chi connectivity index (χ2n) is 8.97. The quantitative estimate of drug-likeness (QED) is 0.425. The van der Waals surface area contributed by atoms with E-state index in [4.69, 9.17) is 4.74 Å². The number of hydrogen-bond donors (Lipinski definition) is 1. The number of esters is 1. The Morgan fingerprint density at radius 2 is 2.17 bits per heavy atom. The van der Waals surface area contributed by atoms with Crippen LogP contribution in [0.4, 0.5) is 0 Å². The number of aryl methyl sites for hydroxylation is 1. The summed E-state index contributed by atoms with van der Waals surface area (Å²) < 4.78 is 7.11. The number of rotatable bonds is 7. The first-order valence-corrected chi connectivity index (χ1v) is 10.7. The predicted molar refractivity (Wildman–Crippen MR) is 118 cm³/mol. The van der Waals surface area contributed by atoms with Crippen molar-refractivity contribution in [2.75, 3.05) is 6.61 Å². The van der Waals surface area contributed by atoms with Crippen LogP contribution in [0, 0.1) is 23.7 Å². The number of carbonyl (C=O) groups excluding carboxylic acids is 1. The Hall–Kier alpha value is -2.58. The summed E-state index contributed by atoms with van der Waals surface area (Å²) in [7, 11) is 0. The van der Waals surface area contributed by atoms with E-state index in [2.05, 4.69) is 18.4 Å². The Morgan fingerprint density at radius 3 is 2.77 bits per heavy atom. The van der Waals surface area contributed by atoms with Gasteiger partial charge < -0.3 is 14.4 Å². The SMILES string of the molecule is C=CCCn1cc(C#CC(C)(O)C2CC2)c2c(c1=O)CC(C)=C2C(=O)OCC(C)C. The van der Waals surface area contributed by atoms with Gasteiger partial charge >= 0.3 is 5.97 Å². The molecular formula is C25H31NO4. The number of aliphatic hydroxyl groups is 1. The number of pyridine rings is 1. The van der Waals surface area contributed by atoms with Crippen LogP contribution in [0.5, 0.6) is 0 Å². The lowest BCUT2D eigenvalue weighted by Crippen LogP contribution is -2.26. The van der Waals surface area contributed by atoms with Gasteiger partial charge in [-0.1, -0.05) is 37.3 Å². The average molecular weight is 410 g/mol. The van der Waals surface area contributed by atoms with Gasteiger partial charge in [-0.2, -0.15) is 0 Å². The molecule has 0 bridgehead atoms. The van der Waals surface area contributed by atoms with Crippen LogP contribution in [-0.4, -0.2) is 27.9 Å². The molecule has 0 amide bonds. The first-order valence-electron chi connectivity index (χ1n) is 10.7. The number of nitrogens with zero attached hydrogens (tertiary/aromatic N) is 1. The summed E-state index contributed by atoms with van der Waals surface area (Å²) >= 11 is 0. The first-order chi connectivity index (χ1) is 14.2. The molecule has 3 rings (SSSR count). The molecule has 0 spiro atoms. The second-order valence-corrected chi connectivity index (χ2v) is 8.97. The standard InChI is InChI=1S/C25H31NO4/c1-6-7-12-26-14-18(10-11-25(5,29)19-8-9-19)22-20(23(26)27)13-17(4)21(22)24(28)30-15-16(2)3/h6,14,16,19,29H,1,7-9,12-13,15H2,2-5H3. The molecule has 0 aliphatic heterocycles. The van der Waals surface area contributed by atoms with Crippen LogP contribution in [0.1, 0.15) is 63.6 Å². The lowest BCUT2D eigenvalue weighted by Gasteiger charge is -2.16. The molecule has 2 aliphatic rings. The fraction of sp³-hybridized carbons (Fsp3) is 0.520. The van der Waals surface area contributed by atoms with Gasteiger partial charge in [0.1, 0.15) is 5.60 Å². The van der Waals surface area contributed by atoms with E-state index >= 15 is 0 Å². The Balaban J connectivity index is 2.10. The maximum Gasteiger partial charge on any atom is 0.338 e. The number of ether oxygens (including phenoxy) is 1. The van der Waals surface area contributed by atoms with Crippen LogP contribution in [0.15, 0.2) is 29.2 Å². The van der Waals surface area contributed by atoms with Crippen molar-refractivity contribution in [3.63, 3.8) is 0 Å². The third kappa shape index (κ3) is 4.60. The van der Waals surface area contributed by atoms with E-state index in [1.165, 1.54) is 0 Å². The molecule has 1 N–H and O–H groups in total. The van der Waals surface area contributed by atoms with E-state index in [0.29, 0.717) is 48.3 Å². The van der Waals surface area contributed by atoms with Gasteiger partial charge in [-0.3, -0.25) is 4.79 Å². The van der Waals surface area contributed by atoms with Crippen LogP contribution in [0.3, 0.4) is 0 Å². The van der Waals surface area contributed by atoms with Crippen LogP contribution in [0.25, 0.3) is 5.57 Å². The van der Waals surface area contributed by atoms with Gasteiger partial charge in [-0.25, -0.2) is 4.79 Å². The van der Waals surface area contributed by atoms with Gasteiger partial charge in [0.25, 0.3) is 5.56 Å². The van der Waals surface area contributed by atoms with E-state index in [1.54, 1.807) is 23.8 Å². The van der Waals surface area contributed by atoms with Gasteiger partial charge in [0.05, 0.1) is 12.2 Å². The Morgan fingerprint density at radius 1 is 1.47 bits per heavy atom. The van der Waals surface area contributed by atoms with Crippen molar-refractivity contribution < 1.29 is 14.6 Å². The summed E-state index contributed by atoms with van der Waals surface area (Å²) in [6.45, 7) is 12.1. The zero-order valence-corrected chi connectivity index (χ0v) is 18.4. The van der Waals surface area contributed by atoms with E-state index in [9.17, 15) is 14.7 Å². The molecule has 1 aromatic rings. The highest BCUT2D eigenvalue weighted by Gasteiger charge is 2.39. The van der Waals surface area contributed by atoms with E-state index < -0.39 is 11.6 Å². The molecule has 0 aromatic carbocycles. The summed E-state index contributed by atoms with van der Waals surface area (Å²) in [5.74, 6) is 6.06. The predicted octanol–water partition coefficient (Wildman–Crippen LogP) is 3.47. The van der Waals surface area contributed by atoms with Crippen molar-refractivity contribution in [1.82, 2.24) is 4.57 Å². The van der Waals surface area contributed by atoms with Crippen LogP contribution < -0.4 is 5.56 Å². The monoisotopic (exact) mass is 409 g/mol. The summed E-state index contributed by atoms with van der Waals surface area (Å²) in [5, 5.41) is 10.6. The zero-order valence-electron chi connectivity index (χ0n) is 18.4. The van der Waals surface area contributed by atoms with E-state index in [1.807, 2.05) is 20.8 Å². The average Bonchev–Trinajstić information content (AvgIpc) is 3.48. The van der Waals surface area contributed by atoms with Gasteiger partial charge in [0.2, 0.25) is 0 Å². The van der Waals surface area contributed by atoms with Crippen LogP contribution >= 0.6 is 0 Å². The summed E-state index contributed by atoms with van der Waals surface area (Å²) in [4.78, 5) is 25.9. The third-order valence-electron chi connectivity index (χ3n) is 5.64. The van der Waals surface area contributed by atoms with Crippen molar-refractivity contribution in [3.05, 3.63) is 51.5 Å². The maximum absolute atomic E-state index is 13.1. The molecule has 1 heterocycles. The van der Waals surface area contributed by atoms with Gasteiger partial charge in [0, 0.05) is 35.9 Å². The fourth-order valence-electron chi connectivity index (χ4n) is 3.76. The molecule has 2 aliphatic carbocycles. The Kier molecular flexibility index (Phi) is 6.38. The minimum atomic E-state index is -1.08. The van der Waals surface area contributed by atoms with Crippen LogP contribution in [-0.2, 0) is 22.5 Å². The lowest BCUT2D eigenvalue weighted by molar-refractivity contribution is -0.137. The molecule has 5 heteroatoms. The van der Waals surface area contributed by atoms with Crippen molar-refractivity contribution in [2.45, 2.75) is 65.5 Å². The topological polar surface area (TPSA) is 68.5 Å². The minimum Gasteiger partial charge on any atom is -0.462 e. The van der Waals surface area contributed by atoms with Gasteiger partial charge in [-0.15, -0.1) is 6.58 Å². The van der Waals surface area contributed by atoms with Gasteiger partial charge in [0.15, 0.2) is 0 Å². The van der Waals surface area contributed by atoms with Crippen molar-refractivity contribution in [2.24, 2.45) is 11.8 Å². The van der Waals surface area contributed by atoms with Crippen molar-refractivity contribution >= 4 is 11.5 Å². The molecule has 0 radical (unpaired) electrons. The normalized spacial score (nSPS) is 17.3. The highest BCUT2D eigenvalue weighted by atomic mass is 16.5. The largest absolute Gasteiger partial charge is 0.462 e. The molecule has 1 saturated carbocycles. The maximum atomic E-state index is 13.1. The molecule has 5 nitrogen and oxygen atoms in total. The Bertz CT molecular complexity index is 1010. The summed E-state index contributed by atoms with van der Waals surface area (Å²) in [5.41, 5.74) is 1.79. The third-order valence-corrected chi connectivity index (χ3v) is 5.64. The van der Waals surface area contributed by atoms with E-state index in [-0.39, 0.29) is 17.4 Å². The number of allylic oxidation sites excluding steroid dienone is 2. The number of fused-ring (bicyclic) bond motifs is 1. The molecule has 1 fully saturated rings. The Labute approximate surface area is 178 Å². The highest BCUT2D eigenvalue weighted by Crippen LogP contribution is 2.39. The minimum absolute atomic E-state index is 0.114. The molecule has 0 saturated heterocycles. The smallest absolute Gasteiger partial charge is 0.338 e. The molecule has 1 unspecified atom stereocenters. The number of carbonyl (C=O) groups is 1. The molecule has 160 valence electrons. The molecule has 1 aromatic heterocycles. The molecule has 30 heavy (non-hydrogen) atoms. The van der Waals surface area contributed by atoms with Crippen molar-refractivity contribution in [1.29, 1.82) is 0 Å². The summed E-state index contributed by atoms with van der Waals surface area (Å²) in [6.07, 6.45) is 6.45. The van der Waals surface area contributed by atoms with Gasteiger partial charge in [-0.05, 0) is 44.9 Å². The molecular weight excluding hydrogens is 378 g/mol. The summed E-state index contributed by atoms with van der Waals surface area (Å²) in [6, 6.07) is 0. The number of aromatic nitrogens is 1. The van der Waals surface area contributed by atoms with E-state index in [0.717, 1.165) is 18.4 Å².